The van der Waals surface area contributed by atoms with Crippen LogP contribution in [0.15, 0.2) is 59.3 Å². The second-order valence-corrected chi connectivity index (χ2v) is 6.68. The summed E-state index contributed by atoms with van der Waals surface area (Å²) in [4.78, 5) is 9.53. The summed E-state index contributed by atoms with van der Waals surface area (Å²) in [7, 11) is -4.59. The fourth-order valence-electron chi connectivity index (χ4n) is 1.92. The van der Waals surface area contributed by atoms with Crippen molar-refractivity contribution >= 4 is 21.6 Å². The van der Waals surface area contributed by atoms with Crippen LogP contribution >= 0.6 is 0 Å². The van der Waals surface area contributed by atoms with Gasteiger partial charge in [-0.15, -0.1) is 0 Å². The molecule has 2 rings (SSSR count). The van der Waals surface area contributed by atoms with Crippen molar-refractivity contribution in [2.45, 2.75) is 18.2 Å². The molecule has 0 saturated carbocycles. The molecule has 26 heavy (non-hydrogen) atoms. The number of alkyl halides is 2. The quantitative estimate of drug-likeness (QED) is 0.321. The fraction of sp³-hybridized carbons (Fsp3) is 0.125. The zero-order chi connectivity index (χ0) is 19.5. The van der Waals surface area contributed by atoms with Crippen molar-refractivity contribution in [3.63, 3.8) is 0 Å². The van der Waals surface area contributed by atoms with Gasteiger partial charge in [-0.25, -0.2) is 13.2 Å². The molecule has 0 aliphatic heterocycles. The molecular weight excluding hydrogens is 375 g/mol. The first-order valence-electron chi connectivity index (χ1n) is 7.05. The van der Waals surface area contributed by atoms with Gasteiger partial charge in [-0.05, 0) is 31.2 Å². The molecule has 0 bridgehead atoms. The minimum atomic E-state index is -4.59. The highest BCUT2D eigenvalue weighted by molar-refractivity contribution is 7.87. The van der Waals surface area contributed by atoms with Gasteiger partial charge in [0.2, 0.25) is 5.83 Å². The Kier molecular flexibility index (Phi) is 5.66. The van der Waals surface area contributed by atoms with E-state index in [0.717, 1.165) is 29.8 Å². The second-order valence-electron chi connectivity index (χ2n) is 5.13. The molecular formula is C16H12F3NO5S. The van der Waals surface area contributed by atoms with Crippen molar-refractivity contribution in [1.29, 1.82) is 0 Å². The third kappa shape index (κ3) is 4.39. The van der Waals surface area contributed by atoms with E-state index >= 15 is 0 Å². The number of halogens is 3. The summed E-state index contributed by atoms with van der Waals surface area (Å²) in [6.07, 6.45) is -3.63. The van der Waals surface area contributed by atoms with Crippen LogP contribution < -0.4 is 0 Å². The molecule has 0 spiro atoms. The van der Waals surface area contributed by atoms with Crippen molar-refractivity contribution in [3.05, 3.63) is 75.6 Å². The van der Waals surface area contributed by atoms with Gasteiger partial charge in [0.1, 0.15) is 4.90 Å². The van der Waals surface area contributed by atoms with E-state index in [9.17, 15) is 31.7 Å². The van der Waals surface area contributed by atoms with Crippen molar-refractivity contribution < 1.29 is 30.7 Å². The maximum absolute atomic E-state index is 13.9. The third-order valence-electron chi connectivity index (χ3n) is 3.25. The zero-order valence-electron chi connectivity index (χ0n) is 13.2. The van der Waals surface area contributed by atoms with E-state index < -0.39 is 33.1 Å². The van der Waals surface area contributed by atoms with Crippen molar-refractivity contribution in [2.75, 3.05) is 0 Å². The molecule has 0 radical (unpaired) electrons. The smallest absolute Gasteiger partial charge is 0.339 e. The van der Waals surface area contributed by atoms with Gasteiger partial charge in [0.25, 0.3) is 12.1 Å². The van der Waals surface area contributed by atoms with E-state index in [1.54, 1.807) is 6.92 Å². The lowest BCUT2D eigenvalue weighted by Crippen LogP contribution is -2.09. The molecule has 2 aromatic rings. The monoisotopic (exact) mass is 387 g/mol. The van der Waals surface area contributed by atoms with Crippen LogP contribution in [0.4, 0.5) is 18.9 Å². The Balaban J connectivity index is 2.48. The lowest BCUT2D eigenvalue weighted by molar-refractivity contribution is -0.384. The van der Waals surface area contributed by atoms with Gasteiger partial charge in [-0.1, -0.05) is 17.7 Å². The number of nitro benzene ring substituents is 1. The Bertz CT molecular complexity index is 939. The maximum atomic E-state index is 13.9. The first-order chi connectivity index (χ1) is 12.1. The van der Waals surface area contributed by atoms with E-state index in [4.69, 9.17) is 0 Å². The molecule has 0 unspecified atom stereocenters. The Hall–Kier alpha value is -2.88. The van der Waals surface area contributed by atoms with Crippen molar-refractivity contribution in [3.8, 4) is 0 Å². The highest BCUT2D eigenvalue weighted by atomic mass is 32.2. The van der Waals surface area contributed by atoms with Gasteiger partial charge in [0, 0.05) is 17.7 Å². The van der Waals surface area contributed by atoms with E-state index in [2.05, 4.69) is 4.18 Å². The standard InChI is InChI=1S/C16H12F3NO5S/c1-10-2-8-13(9-3-10)26(23,24)25-15(14(17)16(18)19)11-4-6-12(7-5-11)20(21)22/h2-9,16H,1H3/b15-14+. The number of rotatable bonds is 6. The van der Waals surface area contributed by atoms with Crippen LogP contribution in [0.25, 0.3) is 5.76 Å². The van der Waals surface area contributed by atoms with Crippen LogP contribution in [-0.4, -0.2) is 19.8 Å². The van der Waals surface area contributed by atoms with Crippen LogP contribution in [-0.2, 0) is 14.3 Å². The molecule has 0 aliphatic rings. The predicted octanol–water partition coefficient (Wildman–Crippen LogP) is 4.21. The highest BCUT2D eigenvalue weighted by Gasteiger charge is 2.26. The molecule has 0 saturated heterocycles. The van der Waals surface area contributed by atoms with Crippen LogP contribution in [0.5, 0.6) is 0 Å². The normalized spacial score (nSPS) is 12.7. The van der Waals surface area contributed by atoms with Gasteiger partial charge in [-0.2, -0.15) is 8.42 Å². The number of hydrogen-bond donors (Lipinski definition) is 0. The van der Waals surface area contributed by atoms with Crippen LogP contribution in [0.3, 0.4) is 0 Å². The number of aryl methyl sites for hydroxylation is 1. The molecule has 0 heterocycles. The Morgan fingerprint density at radius 1 is 1.08 bits per heavy atom. The molecule has 0 N–H and O–H groups in total. The highest BCUT2D eigenvalue weighted by Crippen LogP contribution is 2.30. The van der Waals surface area contributed by atoms with E-state index in [1.807, 2.05) is 0 Å². The summed E-state index contributed by atoms with van der Waals surface area (Å²) >= 11 is 0. The Labute approximate surface area is 146 Å². The molecule has 0 amide bonds. The number of benzene rings is 2. The third-order valence-corrected chi connectivity index (χ3v) is 4.49. The molecule has 138 valence electrons. The summed E-state index contributed by atoms with van der Waals surface area (Å²) in [6, 6.07) is 8.92. The van der Waals surface area contributed by atoms with E-state index in [-0.39, 0.29) is 16.1 Å². The predicted molar refractivity (Wildman–Crippen MR) is 86.6 cm³/mol. The number of nitro groups is 1. The average Bonchev–Trinajstić information content (AvgIpc) is 2.59. The first-order valence-corrected chi connectivity index (χ1v) is 8.46. The van der Waals surface area contributed by atoms with Gasteiger partial charge < -0.3 is 4.18 Å². The SMILES string of the molecule is Cc1ccc(S(=O)(=O)O/C(=C(/F)C(F)F)c2ccc([N+](=O)[O-])cc2)cc1. The van der Waals surface area contributed by atoms with Crippen LogP contribution in [0.2, 0.25) is 0 Å². The number of allylic oxidation sites excluding steroid dienone is 1. The van der Waals surface area contributed by atoms with Crippen molar-refractivity contribution in [1.82, 2.24) is 0 Å². The lowest BCUT2D eigenvalue weighted by Gasteiger charge is -2.12. The molecule has 0 aromatic heterocycles. The molecule has 6 nitrogen and oxygen atoms in total. The summed E-state index contributed by atoms with van der Waals surface area (Å²) < 4.78 is 68.5. The van der Waals surface area contributed by atoms with E-state index in [1.165, 1.54) is 24.3 Å². The van der Waals surface area contributed by atoms with Gasteiger partial charge in [0.15, 0.2) is 5.76 Å². The number of hydrogen-bond acceptors (Lipinski definition) is 5. The van der Waals surface area contributed by atoms with Gasteiger partial charge >= 0.3 is 10.1 Å². The zero-order valence-corrected chi connectivity index (χ0v) is 14.0. The summed E-state index contributed by atoms with van der Waals surface area (Å²) in [5.41, 5.74) is -0.0233. The van der Waals surface area contributed by atoms with E-state index in [0.29, 0.717) is 0 Å². The molecule has 0 fully saturated rings. The fourth-order valence-corrected chi connectivity index (χ4v) is 2.88. The molecule has 0 atom stereocenters. The van der Waals surface area contributed by atoms with Crippen LogP contribution in [0, 0.1) is 17.0 Å². The summed E-state index contributed by atoms with van der Waals surface area (Å²) in [5.74, 6) is -3.33. The topological polar surface area (TPSA) is 86.5 Å². The second kappa shape index (κ2) is 7.56. The summed E-state index contributed by atoms with van der Waals surface area (Å²) in [5, 5.41) is 10.6. The molecule has 10 heteroatoms. The van der Waals surface area contributed by atoms with Gasteiger partial charge in [-0.3, -0.25) is 10.1 Å². The molecule has 2 aromatic carbocycles. The lowest BCUT2D eigenvalue weighted by atomic mass is 10.1. The van der Waals surface area contributed by atoms with Gasteiger partial charge in [0.05, 0.1) is 4.92 Å². The number of non-ortho nitro benzene ring substituents is 1. The molecule has 0 aliphatic carbocycles. The minimum Gasteiger partial charge on any atom is -0.375 e. The Morgan fingerprint density at radius 3 is 2.08 bits per heavy atom. The van der Waals surface area contributed by atoms with Crippen LogP contribution in [0.1, 0.15) is 11.1 Å². The first kappa shape index (κ1) is 19.4. The average molecular weight is 387 g/mol. The number of nitrogens with zero attached hydrogens (tertiary/aromatic N) is 1. The maximum Gasteiger partial charge on any atom is 0.339 e. The summed E-state index contributed by atoms with van der Waals surface area (Å²) in [6.45, 7) is 1.70. The van der Waals surface area contributed by atoms with Crippen molar-refractivity contribution in [2.24, 2.45) is 0 Å². The Morgan fingerprint density at radius 2 is 1.62 bits per heavy atom. The minimum absolute atomic E-state index is 0.357. The largest absolute Gasteiger partial charge is 0.375 e.